The van der Waals surface area contributed by atoms with Crippen LogP contribution in [0.4, 0.5) is 0 Å². The van der Waals surface area contributed by atoms with Gasteiger partial charge >= 0.3 is 5.97 Å². The second-order valence-corrected chi connectivity index (χ2v) is 1.95. The zero-order chi connectivity index (χ0) is 9.56. The van der Waals surface area contributed by atoms with Crippen LogP contribution in [0, 0.1) is 0 Å². The summed E-state index contributed by atoms with van der Waals surface area (Å²) in [5.41, 5.74) is -0.109. The number of aliphatic hydroxyl groups excluding tert-OH is 1. The Morgan fingerprint density at radius 1 is 1.50 bits per heavy atom. The predicted molar refractivity (Wildman–Crippen MR) is 40.6 cm³/mol. The van der Waals surface area contributed by atoms with Gasteiger partial charge in [0, 0.05) is 14.2 Å². The molecule has 0 amide bonds. The highest BCUT2D eigenvalue weighted by Gasteiger charge is 2.18. The molecule has 0 aliphatic heterocycles. The molecule has 0 aromatic heterocycles. The molecule has 0 radical (unpaired) electrons. The molecule has 0 bridgehead atoms. The molecule has 0 fully saturated rings. The molecule has 12 heavy (non-hydrogen) atoms. The van der Waals surface area contributed by atoms with Crippen molar-refractivity contribution in [3.05, 3.63) is 11.6 Å². The highest BCUT2D eigenvalue weighted by Crippen LogP contribution is 2.06. The lowest BCUT2D eigenvalue weighted by Crippen LogP contribution is -2.22. The summed E-state index contributed by atoms with van der Waals surface area (Å²) in [6.45, 7) is -0.356. The van der Waals surface area contributed by atoms with E-state index in [0.29, 0.717) is 0 Å². The number of hydrogen-bond acceptors (Lipinski definition) is 4. The van der Waals surface area contributed by atoms with E-state index in [0.717, 1.165) is 6.08 Å². The molecule has 5 nitrogen and oxygen atoms in total. The molecule has 0 aliphatic rings. The molecule has 0 aromatic carbocycles. The van der Waals surface area contributed by atoms with Gasteiger partial charge in [0.2, 0.25) is 0 Å². The maximum absolute atomic E-state index is 10.5. The Kier molecular flexibility index (Phi) is 5.27. The van der Waals surface area contributed by atoms with Gasteiger partial charge < -0.3 is 19.7 Å². The van der Waals surface area contributed by atoms with Crippen LogP contribution < -0.4 is 0 Å². The van der Waals surface area contributed by atoms with Crippen molar-refractivity contribution in [3.8, 4) is 0 Å². The standard InChI is InChI=1S/C7H12O5/c1-11-7(12-2)5(3-4-8)6(9)10/h3,7-8H,4H2,1-2H3,(H,9,10). The Balaban J connectivity index is 4.48. The first kappa shape index (κ1) is 11.1. The first-order chi connectivity index (χ1) is 5.67. The second kappa shape index (κ2) is 5.70. The van der Waals surface area contributed by atoms with Gasteiger partial charge in [-0.05, 0) is 6.08 Å². The van der Waals surface area contributed by atoms with E-state index in [1.165, 1.54) is 14.2 Å². The van der Waals surface area contributed by atoms with E-state index in [4.69, 9.17) is 19.7 Å². The smallest absolute Gasteiger partial charge is 0.336 e. The van der Waals surface area contributed by atoms with Gasteiger partial charge in [-0.2, -0.15) is 0 Å². The van der Waals surface area contributed by atoms with Crippen LogP contribution in [0.5, 0.6) is 0 Å². The lowest BCUT2D eigenvalue weighted by atomic mass is 10.2. The monoisotopic (exact) mass is 176 g/mol. The minimum atomic E-state index is -1.17. The molecule has 5 heteroatoms. The molecule has 0 rings (SSSR count). The third-order valence-electron chi connectivity index (χ3n) is 1.24. The number of carboxylic acids is 1. The number of methoxy groups -OCH3 is 2. The molecule has 0 aliphatic carbocycles. The van der Waals surface area contributed by atoms with Crippen LogP contribution >= 0.6 is 0 Å². The lowest BCUT2D eigenvalue weighted by molar-refractivity contribution is -0.140. The molecule has 70 valence electrons. The largest absolute Gasteiger partial charge is 0.478 e. The van der Waals surface area contributed by atoms with Crippen LogP contribution in [0.3, 0.4) is 0 Å². The van der Waals surface area contributed by atoms with Crippen molar-refractivity contribution in [2.24, 2.45) is 0 Å². The summed E-state index contributed by atoms with van der Waals surface area (Å²) in [7, 11) is 2.64. The summed E-state index contributed by atoms with van der Waals surface area (Å²) in [4.78, 5) is 10.5. The molecule has 0 spiro atoms. The van der Waals surface area contributed by atoms with Crippen molar-refractivity contribution in [2.75, 3.05) is 20.8 Å². The first-order valence-electron chi connectivity index (χ1n) is 3.27. The molecule has 0 saturated heterocycles. The van der Waals surface area contributed by atoms with E-state index in [1.54, 1.807) is 0 Å². The van der Waals surface area contributed by atoms with Gasteiger partial charge in [0.25, 0.3) is 0 Å². The normalized spacial score (nSPS) is 12.2. The van der Waals surface area contributed by atoms with Gasteiger partial charge in [0.05, 0.1) is 12.2 Å². The van der Waals surface area contributed by atoms with Crippen LogP contribution in [0.2, 0.25) is 0 Å². The Labute approximate surface area is 70.2 Å². The Bertz CT molecular complexity index is 171. The lowest BCUT2D eigenvalue weighted by Gasteiger charge is -2.13. The van der Waals surface area contributed by atoms with Gasteiger partial charge in [-0.1, -0.05) is 0 Å². The maximum Gasteiger partial charge on any atom is 0.336 e. The van der Waals surface area contributed by atoms with Crippen LogP contribution in [-0.4, -0.2) is 43.3 Å². The fourth-order valence-electron chi connectivity index (χ4n) is 0.733. The second-order valence-electron chi connectivity index (χ2n) is 1.95. The van der Waals surface area contributed by atoms with Gasteiger partial charge in [-0.25, -0.2) is 4.79 Å². The average molecular weight is 176 g/mol. The topological polar surface area (TPSA) is 76.0 Å². The molecule has 0 saturated carbocycles. The SMILES string of the molecule is COC(OC)C(=CCO)C(=O)O. The molecule has 2 N–H and O–H groups in total. The summed E-state index contributed by atoms with van der Waals surface area (Å²) in [5.74, 6) is -1.17. The fourth-order valence-corrected chi connectivity index (χ4v) is 0.733. The van der Waals surface area contributed by atoms with Gasteiger partial charge in [0.15, 0.2) is 6.29 Å². The van der Waals surface area contributed by atoms with E-state index < -0.39 is 12.3 Å². The third-order valence-corrected chi connectivity index (χ3v) is 1.24. The predicted octanol–water partition coefficient (Wildman–Crippen LogP) is -0.391. The fraction of sp³-hybridized carbons (Fsp3) is 0.571. The molecular weight excluding hydrogens is 164 g/mol. The molecule has 0 atom stereocenters. The Morgan fingerprint density at radius 3 is 2.25 bits per heavy atom. The molecule has 0 heterocycles. The molecule has 0 unspecified atom stereocenters. The van der Waals surface area contributed by atoms with E-state index in [-0.39, 0.29) is 12.2 Å². The zero-order valence-corrected chi connectivity index (χ0v) is 6.98. The van der Waals surface area contributed by atoms with Crippen molar-refractivity contribution < 1.29 is 24.5 Å². The highest BCUT2D eigenvalue weighted by molar-refractivity contribution is 5.87. The summed E-state index contributed by atoms with van der Waals surface area (Å²) in [6, 6.07) is 0. The number of rotatable bonds is 5. The highest BCUT2D eigenvalue weighted by atomic mass is 16.7. The van der Waals surface area contributed by atoms with E-state index >= 15 is 0 Å². The molecular formula is C7H12O5. The van der Waals surface area contributed by atoms with Crippen molar-refractivity contribution in [2.45, 2.75) is 6.29 Å². The summed E-state index contributed by atoms with van der Waals surface area (Å²) in [6.07, 6.45) is 0.189. The van der Waals surface area contributed by atoms with Gasteiger partial charge in [-0.15, -0.1) is 0 Å². The zero-order valence-electron chi connectivity index (χ0n) is 6.98. The van der Waals surface area contributed by atoms with Crippen LogP contribution in [0.25, 0.3) is 0 Å². The van der Waals surface area contributed by atoms with Crippen molar-refractivity contribution in [1.82, 2.24) is 0 Å². The van der Waals surface area contributed by atoms with Gasteiger partial charge in [0.1, 0.15) is 0 Å². The number of carboxylic acid groups (broad SMARTS) is 1. The summed E-state index contributed by atoms with van der Waals surface area (Å²) < 4.78 is 9.39. The number of aliphatic hydroxyl groups is 1. The first-order valence-corrected chi connectivity index (χ1v) is 3.27. The van der Waals surface area contributed by atoms with Crippen LogP contribution in [0.1, 0.15) is 0 Å². The quantitative estimate of drug-likeness (QED) is 0.440. The number of carbonyl (C=O) groups is 1. The Hall–Kier alpha value is -0.910. The maximum atomic E-state index is 10.5. The van der Waals surface area contributed by atoms with Crippen LogP contribution in [0.15, 0.2) is 11.6 Å². The Morgan fingerprint density at radius 2 is 2.00 bits per heavy atom. The number of aliphatic carboxylic acids is 1. The number of hydrogen-bond donors (Lipinski definition) is 2. The van der Waals surface area contributed by atoms with Crippen LogP contribution in [-0.2, 0) is 14.3 Å². The molecule has 0 aromatic rings. The minimum absolute atomic E-state index is 0.109. The van der Waals surface area contributed by atoms with Gasteiger partial charge in [-0.3, -0.25) is 0 Å². The summed E-state index contributed by atoms with van der Waals surface area (Å²) in [5, 5.41) is 17.1. The van der Waals surface area contributed by atoms with E-state index in [1.807, 2.05) is 0 Å². The van der Waals surface area contributed by atoms with E-state index in [9.17, 15) is 4.79 Å². The van der Waals surface area contributed by atoms with Crippen molar-refractivity contribution in [3.63, 3.8) is 0 Å². The van der Waals surface area contributed by atoms with E-state index in [2.05, 4.69) is 0 Å². The minimum Gasteiger partial charge on any atom is -0.478 e. The van der Waals surface area contributed by atoms with Crippen molar-refractivity contribution in [1.29, 1.82) is 0 Å². The number of ether oxygens (including phenoxy) is 2. The third kappa shape index (κ3) is 3.00. The summed E-state index contributed by atoms with van der Waals surface area (Å²) >= 11 is 0. The van der Waals surface area contributed by atoms with Crippen molar-refractivity contribution >= 4 is 5.97 Å². The average Bonchev–Trinajstić information content (AvgIpc) is 2.05.